The van der Waals surface area contributed by atoms with Crippen LogP contribution in [0.1, 0.15) is 26.7 Å². The molecule has 0 aliphatic carbocycles. The number of imide groups is 1. The zero-order valence-corrected chi connectivity index (χ0v) is 20.4. The maximum atomic E-state index is 12.5. The summed E-state index contributed by atoms with van der Waals surface area (Å²) in [6.07, 6.45) is -6.08. The summed E-state index contributed by atoms with van der Waals surface area (Å²) < 4.78 is 5.18. The molecule has 0 saturated carbocycles. The van der Waals surface area contributed by atoms with Crippen molar-refractivity contribution in [3.63, 3.8) is 0 Å². The van der Waals surface area contributed by atoms with Gasteiger partial charge in [0.2, 0.25) is 17.7 Å². The Labute approximate surface area is 211 Å². The van der Waals surface area contributed by atoms with E-state index in [1.165, 1.54) is 6.92 Å². The number of carbonyl (C=O) groups is 7. The van der Waals surface area contributed by atoms with Gasteiger partial charge >= 0.3 is 12.0 Å². The molecule has 6 atom stereocenters. The summed E-state index contributed by atoms with van der Waals surface area (Å²) in [6, 6.07) is -5.43. The Bertz CT molecular complexity index is 854. The minimum absolute atomic E-state index is 0.185. The lowest BCUT2D eigenvalue weighted by Crippen LogP contribution is -2.56. The number of likely N-dealkylation sites (N-methyl/N-ethyl adjacent to an activating group) is 1. The van der Waals surface area contributed by atoms with E-state index in [9.17, 15) is 43.8 Å². The van der Waals surface area contributed by atoms with E-state index in [1.807, 2.05) is 0 Å². The van der Waals surface area contributed by atoms with Gasteiger partial charge in [0.05, 0.1) is 6.61 Å². The smallest absolute Gasteiger partial charge is 0.321 e. The van der Waals surface area contributed by atoms with Gasteiger partial charge in [-0.1, -0.05) is 0 Å². The van der Waals surface area contributed by atoms with Crippen LogP contribution in [0.2, 0.25) is 0 Å². The molecule has 0 heterocycles. The number of urea groups is 1. The van der Waals surface area contributed by atoms with Crippen molar-refractivity contribution in [2.45, 2.75) is 63.1 Å². The first kappa shape index (κ1) is 33.3. The van der Waals surface area contributed by atoms with Gasteiger partial charge in [-0.2, -0.15) is 0 Å². The van der Waals surface area contributed by atoms with Gasteiger partial charge in [0, 0.05) is 20.4 Å². The van der Waals surface area contributed by atoms with Gasteiger partial charge in [-0.05, 0) is 13.3 Å². The summed E-state index contributed by atoms with van der Waals surface area (Å²) >= 11 is 0. The number of hydrogen-bond donors (Lipinski definition) is 8. The highest BCUT2D eigenvalue weighted by Crippen LogP contribution is 2.09. The lowest BCUT2D eigenvalue weighted by atomic mass is 10.0. The van der Waals surface area contributed by atoms with Crippen LogP contribution in [0.15, 0.2) is 0 Å². The number of aliphatic hydroxyl groups is 3. The fourth-order valence-corrected chi connectivity index (χ4v) is 2.85. The second-order valence-electron chi connectivity index (χ2n) is 7.90. The molecule has 2 unspecified atom stereocenters. The molecule has 0 aliphatic rings. The molecule has 9 N–H and O–H groups in total. The number of amides is 6. The molecule has 37 heavy (non-hydrogen) atoms. The first-order valence-corrected chi connectivity index (χ1v) is 10.9. The van der Waals surface area contributed by atoms with E-state index in [4.69, 9.17) is 20.7 Å². The lowest BCUT2D eigenvalue weighted by Gasteiger charge is -2.30. The third-order valence-corrected chi connectivity index (χ3v) is 4.89. The number of carboxylic acids is 1. The molecule has 0 radical (unpaired) electrons. The van der Waals surface area contributed by atoms with E-state index in [0.717, 1.165) is 14.0 Å². The summed E-state index contributed by atoms with van der Waals surface area (Å²) in [5.41, 5.74) is 5.03. The maximum Gasteiger partial charge on any atom is 0.321 e. The topological polar surface area (TPSA) is 275 Å². The fourth-order valence-electron chi connectivity index (χ4n) is 2.85. The Morgan fingerprint density at radius 2 is 1.68 bits per heavy atom. The average Bonchev–Trinajstić information content (AvgIpc) is 2.83. The highest BCUT2D eigenvalue weighted by molar-refractivity contribution is 5.98. The largest absolute Gasteiger partial charge is 0.481 e. The molecular formula is C20H33N5O12. The van der Waals surface area contributed by atoms with Crippen LogP contribution in [0.25, 0.3) is 0 Å². The zero-order valence-electron chi connectivity index (χ0n) is 20.4. The van der Waals surface area contributed by atoms with Gasteiger partial charge in [0.25, 0.3) is 5.91 Å². The summed E-state index contributed by atoms with van der Waals surface area (Å²) in [6.45, 7) is 0.457. The second kappa shape index (κ2) is 16.1. The summed E-state index contributed by atoms with van der Waals surface area (Å²) in [7, 11) is 1.03. The van der Waals surface area contributed by atoms with E-state index in [-0.39, 0.29) is 12.7 Å². The molecule has 0 aliphatic heterocycles. The number of aliphatic carboxylic acids is 1. The maximum absolute atomic E-state index is 12.5. The Morgan fingerprint density at radius 1 is 1.08 bits per heavy atom. The first-order valence-electron chi connectivity index (χ1n) is 10.9. The van der Waals surface area contributed by atoms with Crippen molar-refractivity contribution in [1.29, 1.82) is 0 Å². The molecule has 0 spiro atoms. The van der Waals surface area contributed by atoms with Crippen molar-refractivity contribution in [2.24, 2.45) is 5.73 Å². The average molecular weight is 536 g/mol. The number of nitrogens with zero attached hydrogens (tertiary/aromatic N) is 1. The quantitative estimate of drug-likeness (QED) is 0.0864. The minimum Gasteiger partial charge on any atom is -0.481 e. The molecule has 0 aromatic carbocycles. The number of nitrogens with one attached hydrogen (secondary N) is 3. The van der Waals surface area contributed by atoms with Crippen molar-refractivity contribution < 1.29 is 58.7 Å². The summed E-state index contributed by atoms with van der Waals surface area (Å²) in [5, 5.41) is 44.3. The molecule has 0 bridgehead atoms. The lowest BCUT2D eigenvalue weighted by molar-refractivity contribution is -0.146. The molecular weight excluding hydrogens is 502 g/mol. The molecule has 0 fully saturated rings. The first-order chi connectivity index (χ1) is 17.2. The van der Waals surface area contributed by atoms with Crippen molar-refractivity contribution in [3.05, 3.63) is 0 Å². The number of aldehydes is 1. The van der Waals surface area contributed by atoms with Gasteiger partial charge in [-0.25, -0.2) is 4.79 Å². The summed E-state index contributed by atoms with van der Waals surface area (Å²) in [5.74, 6) is -4.86. The standard InChI is InChI=1S/C20H33N5O12/c1-9(18(34)24-11(4-5-15(31)32)19(35)25(3)20(21)36)22-14(30)8-37-17(16(33)13(29)7-27)12(6-26)23-10(2)28/h6,9,11-13,16-17,27,29,33H,4-5,7-8H2,1-3H3,(H2,21,36)(H,22,30)(H,23,28)(H,24,34)(H,31,32)/t9?,11?,12-,13+,16+,17+/m0/s1. The third kappa shape index (κ3) is 11.7. The third-order valence-electron chi connectivity index (χ3n) is 4.89. The number of hydrogen-bond acceptors (Lipinski definition) is 11. The van der Waals surface area contributed by atoms with E-state index < -0.39 is 91.7 Å². The predicted octanol–water partition coefficient (Wildman–Crippen LogP) is -4.82. The molecule has 17 nitrogen and oxygen atoms in total. The molecule has 0 aromatic heterocycles. The number of rotatable bonds is 16. The van der Waals surface area contributed by atoms with E-state index in [1.54, 1.807) is 0 Å². The van der Waals surface area contributed by atoms with Crippen LogP contribution < -0.4 is 21.7 Å². The Morgan fingerprint density at radius 3 is 2.14 bits per heavy atom. The van der Waals surface area contributed by atoms with Gasteiger partial charge in [-0.3, -0.25) is 28.9 Å². The van der Waals surface area contributed by atoms with Crippen LogP contribution in [-0.4, -0.2) is 124 Å². The van der Waals surface area contributed by atoms with Crippen molar-refractivity contribution in [1.82, 2.24) is 20.9 Å². The molecule has 0 aromatic rings. The van der Waals surface area contributed by atoms with Crippen molar-refractivity contribution in [3.8, 4) is 0 Å². The van der Waals surface area contributed by atoms with Crippen LogP contribution in [0.5, 0.6) is 0 Å². The van der Waals surface area contributed by atoms with E-state index in [0.29, 0.717) is 4.90 Å². The van der Waals surface area contributed by atoms with E-state index in [2.05, 4.69) is 16.0 Å². The normalized spacial score (nSPS) is 15.6. The Kier molecular flexibility index (Phi) is 14.5. The van der Waals surface area contributed by atoms with Crippen LogP contribution >= 0.6 is 0 Å². The Hall–Kier alpha value is -3.67. The predicted molar refractivity (Wildman–Crippen MR) is 121 cm³/mol. The Balaban J connectivity index is 5.32. The number of aliphatic hydroxyl groups excluding tert-OH is 3. The number of carboxylic acid groups (broad SMARTS) is 1. The number of carbonyl (C=O) groups excluding carboxylic acids is 6. The number of ether oxygens (including phenoxy) is 1. The van der Waals surface area contributed by atoms with Gasteiger partial charge in [0.15, 0.2) is 0 Å². The van der Waals surface area contributed by atoms with Crippen LogP contribution in [-0.2, 0) is 33.5 Å². The van der Waals surface area contributed by atoms with Crippen molar-refractivity contribution in [2.75, 3.05) is 20.3 Å². The molecule has 0 saturated heterocycles. The fraction of sp³-hybridized carbons (Fsp3) is 0.650. The van der Waals surface area contributed by atoms with Crippen LogP contribution in [0, 0.1) is 0 Å². The number of nitrogens with two attached hydrogens (primary N) is 1. The summed E-state index contributed by atoms with van der Waals surface area (Å²) in [4.78, 5) is 82.4. The monoisotopic (exact) mass is 535 g/mol. The van der Waals surface area contributed by atoms with Crippen LogP contribution in [0.3, 0.4) is 0 Å². The van der Waals surface area contributed by atoms with Gasteiger partial charge < -0.3 is 51.6 Å². The molecule has 210 valence electrons. The minimum atomic E-state index is -1.90. The van der Waals surface area contributed by atoms with Crippen molar-refractivity contribution >= 4 is 41.9 Å². The van der Waals surface area contributed by atoms with Crippen LogP contribution in [0.4, 0.5) is 4.79 Å². The zero-order chi connectivity index (χ0) is 28.9. The SMILES string of the molecule is CC(=O)N[C@@H](C=O)[C@@H](OCC(=O)NC(C)C(=O)NC(CCC(=O)O)C(=O)N(C)C(N)=O)[C@H](O)[C@H](O)CO. The van der Waals surface area contributed by atoms with Gasteiger partial charge in [-0.15, -0.1) is 0 Å². The van der Waals surface area contributed by atoms with Gasteiger partial charge in [0.1, 0.15) is 49.3 Å². The second-order valence-corrected chi connectivity index (χ2v) is 7.90. The molecule has 6 amide bonds. The number of primary amides is 1. The van der Waals surface area contributed by atoms with E-state index >= 15 is 0 Å². The molecule has 0 rings (SSSR count). The highest BCUT2D eigenvalue weighted by Gasteiger charge is 2.35. The molecule has 17 heteroatoms. The highest BCUT2D eigenvalue weighted by atomic mass is 16.5.